The number of carbonyl (C=O) groups excluding carboxylic acids is 2. The highest BCUT2D eigenvalue weighted by Gasteiger charge is 2.32. The summed E-state index contributed by atoms with van der Waals surface area (Å²) in [5.41, 5.74) is 0.630. The third-order valence-corrected chi connectivity index (χ3v) is 7.92. The van der Waals surface area contributed by atoms with Gasteiger partial charge in [0.1, 0.15) is 11.9 Å². The van der Waals surface area contributed by atoms with E-state index in [1.807, 2.05) is 38.1 Å². The Kier molecular flexibility index (Phi) is 9.39. The standard InChI is InChI=1S/C28H34FN3O4S/c1-5-26(28(34)30-17-20(2)3)32(18-21-10-13-24(29)14-11-21)27(33)19-31(4)37(35,36)25-15-12-22-8-6-7-9-23(22)16-25/h6-16,20,26H,5,17-19H2,1-4H3,(H,30,34)/t26-/m0/s1. The number of benzene rings is 3. The van der Waals surface area contributed by atoms with E-state index in [1.54, 1.807) is 31.2 Å². The van der Waals surface area contributed by atoms with Gasteiger partial charge < -0.3 is 10.2 Å². The van der Waals surface area contributed by atoms with E-state index in [4.69, 9.17) is 0 Å². The van der Waals surface area contributed by atoms with Crippen LogP contribution in [-0.2, 0) is 26.2 Å². The predicted octanol–water partition coefficient (Wildman–Crippen LogP) is 4.18. The van der Waals surface area contributed by atoms with Gasteiger partial charge in [-0.05, 0) is 52.9 Å². The van der Waals surface area contributed by atoms with Crippen molar-refractivity contribution in [1.82, 2.24) is 14.5 Å². The van der Waals surface area contributed by atoms with Crippen molar-refractivity contribution in [3.63, 3.8) is 0 Å². The highest BCUT2D eigenvalue weighted by molar-refractivity contribution is 7.89. The number of amides is 2. The predicted molar refractivity (Wildman–Crippen MR) is 143 cm³/mol. The third kappa shape index (κ3) is 7.14. The molecule has 0 aliphatic heterocycles. The smallest absolute Gasteiger partial charge is 0.243 e. The van der Waals surface area contributed by atoms with Gasteiger partial charge in [-0.3, -0.25) is 9.59 Å². The van der Waals surface area contributed by atoms with Crippen LogP contribution in [0.3, 0.4) is 0 Å². The number of rotatable bonds is 11. The van der Waals surface area contributed by atoms with Crippen LogP contribution in [0.25, 0.3) is 10.8 Å². The molecule has 0 spiro atoms. The van der Waals surface area contributed by atoms with E-state index >= 15 is 0 Å². The molecule has 1 atom stereocenters. The van der Waals surface area contributed by atoms with Crippen molar-refractivity contribution < 1.29 is 22.4 Å². The summed E-state index contributed by atoms with van der Waals surface area (Å²) in [6, 6.07) is 17.1. The number of nitrogens with one attached hydrogen (secondary N) is 1. The van der Waals surface area contributed by atoms with Crippen LogP contribution in [0.15, 0.2) is 71.6 Å². The van der Waals surface area contributed by atoms with Gasteiger partial charge in [0, 0.05) is 20.1 Å². The van der Waals surface area contributed by atoms with E-state index in [0.717, 1.165) is 15.1 Å². The Morgan fingerprint density at radius 3 is 2.24 bits per heavy atom. The van der Waals surface area contributed by atoms with Gasteiger partial charge in [0.05, 0.1) is 11.4 Å². The second kappa shape index (κ2) is 12.3. The molecule has 1 N–H and O–H groups in total. The molecular formula is C28H34FN3O4S. The van der Waals surface area contributed by atoms with Crippen molar-refractivity contribution >= 4 is 32.6 Å². The van der Waals surface area contributed by atoms with Gasteiger partial charge in [-0.1, -0.05) is 63.2 Å². The minimum atomic E-state index is -3.98. The molecular weight excluding hydrogens is 493 g/mol. The maximum atomic E-state index is 13.5. The van der Waals surface area contributed by atoms with Gasteiger partial charge in [0.15, 0.2) is 0 Å². The summed E-state index contributed by atoms with van der Waals surface area (Å²) in [5.74, 6) is -1.03. The molecule has 7 nitrogen and oxygen atoms in total. The number of hydrogen-bond donors (Lipinski definition) is 1. The molecule has 0 aliphatic carbocycles. The number of hydrogen-bond acceptors (Lipinski definition) is 4. The summed E-state index contributed by atoms with van der Waals surface area (Å²) >= 11 is 0. The van der Waals surface area contributed by atoms with Gasteiger partial charge in [-0.25, -0.2) is 12.8 Å². The average molecular weight is 528 g/mol. The first-order valence-electron chi connectivity index (χ1n) is 12.3. The van der Waals surface area contributed by atoms with Crippen molar-refractivity contribution in [2.24, 2.45) is 5.92 Å². The van der Waals surface area contributed by atoms with Crippen molar-refractivity contribution in [3.05, 3.63) is 78.1 Å². The number of halogens is 1. The molecule has 0 saturated heterocycles. The Balaban J connectivity index is 1.86. The molecule has 3 aromatic rings. The van der Waals surface area contributed by atoms with Gasteiger partial charge in [0.2, 0.25) is 21.8 Å². The van der Waals surface area contributed by atoms with Crippen LogP contribution in [0.1, 0.15) is 32.8 Å². The Labute approximate surface area is 218 Å². The second-order valence-electron chi connectivity index (χ2n) is 9.48. The lowest BCUT2D eigenvalue weighted by Gasteiger charge is -2.32. The van der Waals surface area contributed by atoms with Crippen molar-refractivity contribution in [2.75, 3.05) is 20.1 Å². The monoisotopic (exact) mass is 527 g/mol. The normalized spacial score (nSPS) is 12.6. The van der Waals surface area contributed by atoms with E-state index in [0.29, 0.717) is 18.5 Å². The minimum Gasteiger partial charge on any atom is -0.354 e. The SMILES string of the molecule is CC[C@@H](C(=O)NCC(C)C)N(Cc1ccc(F)cc1)C(=O)CN(C)S(=O)(=O)c1ccc2ccccc2c1. The Morgan fingerprint density at radius 1 is 0.973 bits per heavy atom. The van der Waals surface area contributed by atoms with Crippen LogP contribution < -0.4 is 5.32 Å². The highest BCUT2D eigenvalue weighted by Crippen LogP contribution is 2.22. The maximum absolute atomic E-state index is 13.5. The largest absolute Gasteiger partial charge is 0.354 e. The van der Waals surface area contributed by atoms with Crippen molar-refractivity contribution in [3.8, 4) is 0 Å². The lowest BCUT2D eigenvalue weighted by atomic mass is 10.1. The lowest BCUT2D eigenvalue weighted by Crippen LogP contribution is -2.52. The Morgan fingerprint density at radius 2 is 1.62 bits per heavy atom. The molecule has 0 unspecified atom stereocenters. The quantitative estimate of drug-likeness (QED) is 0.405. The van der Waals surface area contributed by atoms with Crippen molar-refractivity contribution in [2.45, 2.75) is 44.7 Å². The molecule has 3 aromatic carbocycles. The lowest BCUT2D eigenvalue weighted by molar-refractivity contribution is -0.141. The molecule has 0 heterocycles. The molecule has 3 rings (SSSR count). The number of likely N-dealkylation sites (N-methyl/N-ethyl adjacent to an activating group) is 1. The van der Waals surface area contributed by atoms with Crippen LogP contribution in [0.5, 0.6) is 0 Å². The number of fused-ring (bicyclic) bond motifs is 1. The van der Waals surface area contributed by atoms with Crippen LogP contribution in [0, 0.1) is 11.7 Å². The molecule has 9 heteroatoms. The molecule has 198 valence electrons. The molecule has 0 fully saturated rings. The number of nitrogens with zero attached hydrogens (tertiary/aromatic N) is 2. The molecule has 0 aromatic heterocycles. The topological polar surface area (TPSA) is 86.8 Å². The third-order valence-electron chi connectivity index (χ3n) is 6.12. The molecule has 0 aliphatic rings. The first-order chi connectivity index (χ1) is 17.5. The first kappa shape index (κ1) is 28.3. The van der Waals surface area contributed by atoms with Crippen LogP contribution >= 0.6 is 0 Å². The second-order valence-corrected chi connectivity index (χ2v) is 11.5. The zero-order chi connectivity index (χ0) is 27.2. The minimum absolute atomic E-state index is 0.0383. The Bertz CT molecular complexity index is 1340. The zero-order valence-corrected chi connectivity index (χ0v) is 22.5. The van der Waals surface area contributed by atoms with Gasteiger partial charge in [0.25, 0.3) is 0 Å². The van der Waals surface area contributed by atoms with Gasteiger partial charge in [-0.2, -0.15) is 4.31 Å². The van der Waals surface area contributed by atoms with Crippen LogP contribution in [0.4, 0.5) is 4.39 Å². The fourth-order valence-corrected chi connectivity index (χ4v) is 5.16. The van der Waals surface area contributed by atoms with Gasteiger partial charge in [-0.15, -0.1) is 0 Å². The molecule has 0 bridgehead atoms. The molecule has 0 radical (unpaired) electrons. The number of sulfonamides is 1. The van der Waals surface area contributed by atoms with E-state index in [-0.39, 0.29) is 23.3 Å². The zero-order valence-electron chi connectivity index (χ0n) is 21.6. The van der Waals surface area contributed by atoms with E-state index in [9.17, 15) is 22.4 Å². The summed E-state index contributed by atoms with van der Waals surface area (Å²) in [4.78, 5) is 28.0. The average Bonchev–Trinajstić information content (AvgIpc) is 2.87. The first-order valence-corrected chi connectivity index (χ1v) is 13.7. The fourth-order valence-electron chi connectivity index (χ4n) is 4.00. The number of carbonyl (C=O) groups is 2. The fraction of sp³-hybridized carbons (Fsp3) is 0.357. The van der Waals surface area contributed by atoms with E-state index < -0.39 is 34.3 Å². The molecule has 0 saturated carbocycles. The van der Waals surface area contributed by atoms with E-state index in [2.05, 4.69) is 5.32 Å². The van der Waals surface area contributed by atoms with Crippen LogP contribution in [0.2, 0.25) is 0 Å². The van der Waals surface area contributed by atoms with Crippen molar-refractivity contribution in [1.29, 1.82) is 0 Å². The van der Waals surface area contributed by atoms with Gasteiger partial charge >= 0.3 is 0 Å². The van der Waals surface area contributed by atoms with Crippen LogP contribution in [-0.4, -0.2) is 55.6 Å². The highest BCUT2D eigenvalue weighted by atomic mass is 32.2. The summed E-state index contributed by atoms with van der Waals surface area (Å²) in [6.07, 6.45) is 0.331. The van der Waals surface area contributed by atoms with E-state index in [1.165, 1.54) is 30.1 Å². The maximum Gasteiger partial charge on any atom is 0.243 e. The molecule has 37 heavy (non-hydrogen) atoms. The summed E-state index contributed by atoms with van der Waals surface area (Å²) in [7, 11) is -2.63. The molecule has 2 amide bonds. The Hall–Kier alpha value is -3.30. The summed E-state index contributed by atoms with van der Waals surface area (Å²) in [5, 5.41) is 4.54. The summed E-state index contributed by atoms with van der Waals surface area (Å²) in [6.45, 7) is 5.76. The summed E-state index contributed by atoms with van der Waals surface area (Å²) < 4.78 is 41.1.